The molecule has 0 atom stereocenters. The second-order valence-electron chi connectivity index (χ2n) is 5.03. The van der Waals surface area contributed by atoms with Crippen molar-refractivity contribution in [2.45, 2.75) is 0 Å². The summed E-state index contributed by atoms with van der Waals surface area (Å²) in [4.78, 5) is 4.27. The fourth-order valence-electron chi connectivity index (χ4n) is 2.27. The van der Waals surface area contributed by atoms with E-state index in [0.29, 0.717) is 17.9 Å². The molecule has 5 nitrogen and oxygen atoms in total. The van der Waals surface area contributed by atoms with Gasteiger partial charge in [-0.05, 0) is 29.8 Å². The van der Waals surface area contributed by atoms with Gasteiger partial charge in [-0.25, -0.2) is 4.39 Å². The molecule has 3 N–H and O–H groups in total. The third-order valence-electron chi connectivity index (χ3n) is 3.42. The first-order chi connectivity index (χ1) is 11.3. The van der Waals surface area contributed by atoms with E-state index in [1.54, 1.807) is 12.3 Å². The summed E-state index contributed by atoms with van der Waals surface area (Å²) in [5.41, 5.74) is 6.54. The highest BCUT2D eigenvalue weighted by Gasteiger charge is 2.07. The Bertz CT molecular complexity index is 782. The van der Waals surface area contributed by atoms with Crippen molar-refractivity contribution in [2.75, 3.05) is 18.4 Å². The quantitative estimate of drug-likeness (QED) is 0.744. The van der Waals surface area contributed by atoms with Gasteiger partial charge in [0.25, 0.3) is 0 Å². The largest absolute Gasteiger partial charge is 0.378 e. The number of benzene rings is 1. The summed E-state index contributed by atoms with van der Waals surface area (Å²) in [6.45, 7) is 1.24. The van der Waals surface area contributed by atoms with Crippen LogP contribution < -0.4 is 10.7 Å². The summed E-state index contributed by atoms with van der Waals surface area (Å²) in [7, 11) is 0. The van der Waals surface area contributed by atoms with Crippen LogP contribution in [0.4, 0.5) is 10.1 Å². The van der Waals surface area contributed by atoms with Gasteiger partial charge in [-0.1, -0.05) is 18.2 Å². The van der Waals surface area contributed by atoms with E-state index in [4.69, 9.17) is 5.41 Å². The van der Waals surface area contributed by atoms with E-state index in [1.165, 1.54) is 18.3 Å². The zero-order chi connectivity index (χ0) is 16.1. The molecule has 0 spiro atoms. The molecule has 3 rings (SSSR count). The van der Waals surface area contributed by atoms with Crippen LogP contribution >= 0.6 is 0 Å². The van der Waals surface area contributed by atoms with Crippen LogP contribution in [0.1, 0.15) is 5.69 Å². The second-order valence-corrected chi connectivity index (χ2v) is 5.03. The molecule has 0 saturated carbocycles. The highest BCUT2D eigenvalue weighted by atomic mass is 19.1. The molecule has 0 unspecified atom stereocenters. The summed E-state index contributed by atoms with van der Waals surface area (Å²) in [5.74, 6) is -0.291. The van der Waals surface area contributed by atoms with Crippen molar-refractivity contribution in [2.24, 2.45) is 5.10 Å². The first-order valence-electron chi connectivity index (χ1n) is 7.22. The van der Waals surface area contributed by atoms with Crippen molar-refractivity contribution < 1.29 is 4.39 Å². The number of anilines is 1. The molecule has 1 aromatic heterocycles. The molecule has 0 amide bonds. The Morgan fingerprint density at radius 3 is 2.96 bits per heavy atom. The molecule has 23 heavy (non-hydrogen) atoms. The van der Waals surface area contributed by atoms with Crippen molar-refractivity contribution in [3.05, 3.63) is 60.2 Å². The number of halogens is 1. The summed E-state index contributed by atoms with van der Waals surface area (Å²) in [6.07, 6.45) is 6.76. The highest BCUT2D eigenvalue weighted by molar-refractivity contribution is 5.99. The van der Waals surface area contributed by atoms with Crippen LogP contribution in [0.2, 0.25) is 0 Å². The Labute approximate surface area is 133 Å². The van der Waals surface area contributed by atoms with Crippen LogP contribution in [0.15, 0.2) is 53.8 Å². The maximum Gasteiger partial charge on any atom is 0.123 e. The molecule has 0 saturated heterocycles. The molecular weight excluding hydrogens is 293 g/mol. The molecule has 0 fully saturated rings. The number of hydrogen-bond donors (Lipinski definition) is 3. The van der Waals surface area contributed by atoms with Crippen LogP contribution in [0.3, 0.4) is 0 Å². The molecule has 0 aliphatic carbocycles. The summed E-state index contributed by atoms with van der Waals surface area (Å²) < 4.78 is 13.4. The Kier molecular flexibility index (Phi) is 4.42. The van der Waals surface area contributed by atoms with E-state index in [0.717, 1.165) is 23.4 Å². The minimum atomic E-state index is -0.291. The van der Waals surface area contributed by atoms with Crippen molar-refractivity contribution in [1.29, 1.82) is 5.41 Å². The Balaban J connectivity index is 1.85. The molecular formula is C17H16FN5. The molecule has 6 heteroatoms. The van der Waals surface area contributed by atoms with Crippen molar-refractivity contribution in [1.82, 2.24) is 10.4 Å². The minimum absolute atomic E-state index is 0.291. The van der Waals surface area contributed by atoms with Crippen molar-refractivity contribution in [3.63, 3.8) is 0 Å². The van der Waals surface area contributed by atoms with E-state index in [-0.39, 0.29) is 5.82 Å². The van der Waals surface area contributed by atoms with Gasteiger partial charge in [0.2, 0.25) is 0 Å². The number of nitrogens with zero attached hydrogens (tertiary/aromatic N) is 2. The Morgan fingerprint density at radius 1 is 1.30 bits per heavy atom. The molecule has 116 valence electrons. The zero-order valence-electron chi connectivity index (χ0n) is 12.4. The zero-order valence-corrected chi connectivity index (χ0v) is 12.4. The number of aromatic nitrogens is 1. The Morgan fingerprint density at radius 2 is 2.22 bits per heavy atom. The molecule has 2 aromatic rings. The van der Waals surface area contributed by atoms with Gasteiger partial charge in [0.1, 0.15) is 11.5 Å². The smallest absolute Gasteiger partial charge is 0.123 e. The van der Waals surface area contributed by atoms with Crippen LogP contribution in [-0.2, 0) is 0 Å². The normalized spacial score (nSPS) is 13.2. The van der Waals surface area contributed by atoms with Gasteiger partial charge >= 0.3 is 0 Å². The minimum Gasteiger partial charge on any atom is -0.378 e. The summed E-state index contributed by atoms with van der Waals surface area (Å²) >= 11 is 0. The van der Waals surface area contributed by atoms with E-state index < -0.39 is 0 Å². The van der Waals surface area contributed by atoms with Crippen LogP contribution in [0.5, 0.6) is 0 Å². The molecule has 1 aliphatic heterocycles. The Hall–Kier alpha value is -3.02. The lowest BCUT2D eigenvalue weighted by atomic mass is 10.1. The van der Waals surface area contributed by atoms with Crippen molar-refractivity contribution >= 4 is 17.6 Å². The predicted octanol–water partition coefficient (Wildman–Crippen LogP) is 2.81. The van der Waals surface area contributed by atoms with Gasteiger partial charge in [0, 0.05) is 18.0 Å². The number of hydrazone groups is 1. The fraction of sp³-hybridized carbons (Fsp3) is 0.118. The van der Waals surface area contributed by atoms with E-state index in [2.05, 4.69) is 20.8 Å². The maximum atomic E-state index is 13.4. The maximum absolute atomic E-state index is 13.4. The lowest BCUT2D eigenvalue weighted by Gasteiger charge is -2.12. The number of nitrogens with one attached hydrogen (secondary N) is 3. The third kappa shape index (κ3) is 3.60. The van der Waals surface area contributed by atoms with Gasteiger partial charge in [-0.2, -0.15) is 5.10 Å². The molecule has 1 aromatic carbocycles. The fourth-order valence-corrected chi connectivity index (χ4v) is 2.27. The lowest BCUT2D eigenvalue weighted by molar-refractivity contribution is 0.628. The lowest BCUT2D eigenvalue weighted by Crippen LogP contribution is -2.21. The predicted molar refractivity (Wildman–Crippen MR) is 90.6 cm³/mol. The topological polar surface area (TPSA) is 73.2 Å². The number of pyridine rings is 1. The van der Waals surface area contributed by atoms with E-state index in [9.17, 15) is 4.39 Å². The highest BCUT2D eigenvalue weighted by Crippen LogP contribution is 2.24. The second kappa shape index (κ2) is 6.83. The first-order valence-corrected chi connectivity index (χ1v) is 7.22. The average Bonchev–Trinajstić information content (AvgIpc) is 2.60. The van der Waals surface area contributed by atoms with Gasteiger partial charge in [-0.3, -0.25) is 4.98 Å². The van der Waals surface area contributed by atoms with Crippen LogP contribution in [-0.4, -0.2) is 30.0 Å². The summed E-state index contributed by atoms with van der Waals surface area (Å²) in [5, 5.41) is 14.9. The summed E-state index contributed by atoms with van der Waals surface area (Å²) in [6, 6.07) is 8.22. The monoisotopic (exact) mass is 309 g/mol. The molecule has 0 radical (unpaired) electrons. The number of rotatable bonds is 5. The van der Waals surface area contributed by atoms with Gasteiger partial charge in [0.05, 0.1) is 24.5 Å². The van der Waals surface area contributed by atoms with Crippen LogP contribution in [0, 0.1) is 11.2 Å². The standard InChI is InChI=1S/C17H16FN5/c18-14-4-1-3-12(7-14)13-8-16(17(9-19)20-10-13)21-11-15-5-2-6-22-23-15/h1-5,7-10,19,21-22H,6,11H2. The van der Waals surface area contributed by atoms with Crippen molar-refractivity contribution in [3.8, 4) is 11.1 Å². The molecule has 2 heterocycles. The SMILES string of the molecule is N=Cc1ncc(-c2cccc(F)c2)cc1NCC1=NNCC=C1. The van der Waals surface area contributed by atoms with Crippen LogP contribution in [0.25, 0.3) is 11.1 Å². The molecule has 1 aliphatic rings. The number of hydrogen-bond acceptors (Lipinski definition) is 5. The average molecular weight is 309 g/mol. The third-order valence-corrected chi connectivity index (χ3v) is 3.42. The van der Waals surface area contributed by atoms with Gasteiger partial charge < -0.3 is 16.2 Å². The van der Waals surface area contributed by atoms with Gasteiger partial charge in [0.15, 0.2) is 0 Å². The van der Waals surface area contributed by atoms with Gasteiger partial charge in [-0.15, -0.1) is 0 Å². The first kappa shape index (κ1) is 14.9. The molecule has 0 bridgehead atoms. The van der Waals surface area contributed by atoms with E-state index >= 15 is 0 Å². The van der Waals surface area contributed by atoms with E-state index in [1.807, 2.05) is 24.3 Å².